The molecule has 0 heterocycles. The Kier molecular flexibility index (Phi) is 1.79. The maximum absolute atomic E-state index is 11.0. The van der Waals surface area contributed by atoms with Crippen LogP contribution in [-0.2, 0) is 10.2 Å². The minimum absolute atomic E-state index is 0.158. The summed E-state index contributed by atoms with van der Waals surface area (Å²) in [6, 6.07) is 2.50. The molecule has 0 aromatic heterocycles. The summed E-state index contributed by atoms with van der Waals surface area (Å²) in [6.45, 7) is 0. The molecule has 5 heteroatoms. The molecule has 0 aliphatic heterocycles. The van der Waals surface area contributed by atoms with Crippen molar-refractivity contribution in [2.75, 3.05) is 0 Å². The molecule has 1 aliphatic rings. The summed E-state index contributed by atoms with van der Waals surface area (Å²) in [5.74, 6) is -2.70. The number of rotatable bonds is 2. The van der Waals surface area contributed by atoms with E-state index in [1.54, 1.807) is 0 Å². The van der Waals surface area contributed by atoms with Crippen molar-refractivity contribution in [2.24, 2.45) is 0 Å². The normalized spacial score (nSPS) is 17.3. The molecule has 0 spiro atoms. The van der Waals surface area contributed by atoms with Crippen LogP contribution in [0.5, 0.6) is 17.2 Å². The molecule has 1 aliphatic carbocycles. The highest BCUT2D eigenvalue weighted by atomic mass is 16.4. The van der Waals surface area contributed by atoms with Gasteiger partial charge in [-0.3, -0.25) is 4.79 Å². The number of carbonyl (C=O) groups is 1. The lowest BCUT2D eigenvalue weighted by molar-refractivity contribution is -0.140. The van der Waals surface area contributed by atoms with Crippen molar-refractivity contribution in [1.29, 1.82) is 0 Å². The zero-order chi connectivity index (χ0) is 11.2. The van der Waals surface area contributed by atoms with Crippen LogP contribution in [-0.4, -0.2) is 26.4 Å². The number of carboxylic acids is 1. The number of phenolic OH excluding ortho intramolecular Hbond substituents is 3. The maximum Gasteiger partial charge on any atom is 0.314 e. The minimum Gasteiger partial charge on any atom is -0.504 e. The molecule has 1 aromatic rings. The molecular weight excluding hydrogens is 200 g/mol. The molecule has 0 bridgehead atoms. The van der Waals surface area contributed by atoms with Crippen molar-refractivity contribution in [1.82, 2.24) is 0 Å². The molecule has 4 N–H and O–H groups in total. The van der Waals surface area contributed by atoms with E-state index in [2.05, 4.69) is 0 Å². The van der Waals surface area contributed by atoms with E-state index in [0.29, 0.717) is 12.8 Å². The van der Waals surface area contributed by atoms with Gasteiger partial charge in [0.2, 0.25) is 5.75 Å². The average Bonchev–Trinajstić information content (AvgIpc) is 2.95. The van der Waals surface area contributed by atoms with E-state index in [-0.39, 0.29) is 5.56 Å². The first-order valence-corrected chi connectivity index (χ1v) is 4.47. The third-order valence-electron chi connectivity index (χ3n) is 2.80. The molecule has 1 saturated carbocycles. The van der Waals surface area contributed by atoms with Crippen molar-refractivity contribution in [2.45, 2.75) is 18.3 Å². The number of aromatic hydroxyl groups is 3. The van der Waals surface area contributed by atoms with Gasteiger partial charge in [0.15, 0.2) is 11.5 Å². The van der Waals surface area contributed by atoms with Crippen LogP contribution in [0.3, 0.4) is 0 Å². The smallest absolute Gasteiger partial charge is 0.314 e. The van der Waals surface area contributed by atoms with Crippen molar-refractivity contribution in [3.05, 3.63) is 17.7 Å². The van der Waals surface area contributed by atoms with Gasteiger partial charge in [-0.15, -0.1) is 0 Å². The van der Waals surface area contributed by atoms with Crippen molar-refractivity contribution in [3.63, 3.8) is 0 Å². The van der Waals surface area contributed by atoms with Crippen molar-refractivity contribution < 1.29 is 25.2 Å². The summed E-state index contributed by atoms with van der Waals surface area (Å²) in [5, 5.41) is 36.9. The van der Waals surface area contributed by atoms with E-state index in [1.165, 1.54) is 12.1 Å². The first-order valence-electron chi connectivity index (χ1n) is 4.47. The quantitative estimate of drug-likeness (QED) is 0.544. The molecule has 15 heavy (non-hydrogen) atoms. The maximum atomic E-state index is 11.0. The molecule has 1 aromatic carbocycles. The predicted octanol–water partition coefficient (Wildman–Crippen LogP) is 0.920. The Hall–Kier alpha value is -1.91. The Morgan fingerprint density at radius 2 is 1.73 bits per heavy atom. The van der Waals surface area contributed by atoms with Crippen molar-refractivity contribution >= 4 is 5.97 Å². The first kappa shape index (κ1) is 9.64. The van der Waals surface area contributed by atoms with E-state index in [4.69, 9.17) is 10.2 Å². The Balaban J connectivity index is 2.55. The number of benzene rings is 1. The van der Waals surface area contributed by atoms with Gasteiger partial charge in [0.1, 0.15) is 0 Å². The highest BCUT2D eigenvalue weighted by Gasteiger charge is 2.53. The van der Waals surface area contributed by atoms with E-state index >= 15 is 0 Å². The van der Waals surface area contributed by atoms with Crippen LogP contribution in [0.2, 0.25) is 0 Å². The van der Waals surface area contributed by atoms with Gasteiger partial charge in [-0.1, -0.05) is 6.07 Å². The Morgan fingerprint density at radius 3 is 2.20 bits per heavy atom. The van der Waals surface area contributed by atoms with Gasteiger partial charge < -0.3 is 20.4 Å². The van der Waals surface area contributed by atoms with Gasteiger partial charge in [-0.05, 0) is 18.9 Å². The van der Waals surface area contributed by atoms with Gasteiger partial charge >= 0.3 is 5.97 Å². The number of phenols is 3. The van der Waals surface area contributed by atoms with E-state index in [1.807, 2.05) is 0 Å². The van der Waals surface area contributed by atoms with Crippen LogP contribution < -0.4 is 0 Å². The standard InChI is InChI=1S/C10H10O5/c11-6-2-1-5(7(12)8(6)13)10(3-4-10)9(14)15/h1-2,11-13H,3-4H2,(H,14,15). The molecule has 0 amide bonds. The molecule has 2 rings (SSSR count). The predicted molar refractivity (Wildman–Crippen MR) is 50.0 cm³/mol. The Morgan fingerprint density at radius 1 is 1.13 bits per heavy atom. The fourth-order valence-corrected chi connectivity index (χ4v) is 1.68. The summed E-state index contributed by atoms with van der Waals surface area (Å²) >= 11 is 0. The molecule has 1 fully saturated rings. The lowest BCUT2D eigenvalue weighted by atomic mass is 9.94. The second-order valence-corrected chi connectivity index (χ2v) is 3.72. The van der Waals surface area contributed by atoms with Crippen LogP contribution in [0.25, 0.3) is 0 Å². The zero-order valence-corrected chi connectivity index (χ0v) is 7.77. The molecule has 80 valence electrons. The average molecular weight is 210 g/mol. The van der Waals surface area contributed by atoms with Gasteiger partial charge in [0.25, 0.3) is 0 Å². The number of aliphatic carboxylic acids is 1. The Bertz CT molecular complexity index is 434. The van der Waals surface area contributed by atoms with E-state index < -0.39 is 28.6 Å². The van der Waals surface area contributed by atoms with Crippen LogP contribution >= 0.6 is 0 Å². The summed E-state index contributed by atoms with van der Waals surface area (Å²) in [4.78, 5) is 11.0. The highest BCUT2D eigenvalue weighted by molar-refractivity contribution is 5.86. The third kappa shape index (κ3) is 1.20. The molecule has 0 saturated heterocycles. The van der Waals surface area contributed by atoms with Crippen LogP contribution in [0, 0.1) is 0 Å². The highest BCUT2D eigenvalue weighted by Crippen LogP contribution is 2.54. The molecule has 0 unspecified atom stereocenters. The summed E-state index contributed by atoms with van der Waals surface area (Å²) in [7, 11) is 0. The topological polar surface area (TPSA) is 98.0 Å². The molecule has 0 atom stereocenters. The lowest BCUT2D eigenvalue weighted by Crippen LogP contribution is -2.19. The minimum atomic E-state index is -1.09. The van der Waals surface area contributed by atoms with Crippen LogP contribution in [0.1, 0.15) is 18.4 Å². The van der Waals surface area contributed by atoms with Crippen LogP contribution in [0.15, 0.2) is 12.1 Å². The second kappa shape index (κ2) is 2.79. The molecular formula is C10H10O5. The van der Waals surface area contributed by atoms with Gasteiger partial charge in [-0.25, -0.2) is 0 Å². The second-order valence-electron chi connectivity index (χ2n) is 3.72. The van der Waals surface area contributed by atoms with Gasteiger partial charge in [0, 0.05) is 5.56 Å². The number of hydrogen-bond donors (Lipinski definition) is 4. The van der Waals surface area contributed by atoms with Gasteiger partial charge in [-0.2, -0.15) is 0 Å². The fraction of sp³-hybridized carbons (Fsp3) is 0.300. The molecule has 0 radical (unpaired) electrons. The molecule has 5 nitrogen and oxygen atoms in total. The lowest BCUT2D eigenvalue weighted by Gasteiger charge is -2.13. The fourth-order valence-electron chi connectivity index (χ4n) is 1.68. The Labute approximate surface area is 85.2 Å². The summed E-state index contributed by atoms with van der Waals surface area (Å²) in [6.07, 6.45) is 0.861. The largest absolute Gasteiger partial charge is 0.504 e. The number of carboxylic acid groups (broad SMARTS) is 1. The number of hydrogen-bond acceptors (Lipinski definition) is 4. The summed E-state index contributed by atoms with van der Waals surface area (Å²) < 4.78 is 0. The van der Waals surface area contributed by atoms with Gasteiger partial charge in [0.05, 0.1) is 5.41 Å². The first-order chi connectivity index (χ1) is 6.99. The summed E-state index contributed by atoms with van der Waals surface area (Å²) in [5.41, 5.74) is -0.930. The monoisotopic (exact) mass is 210 g/mol. The zero-order valence-electron chi connectivity index (χ0n) is 7.77. The third-order valence-corrected chi connectivity index (χ3v) is 2.80. The van der Waals surface area contributed by atoms with Crippen LogP contribution in [0.4, 0.5) is 0 Å². The SMILES string of the molecule is O=C(O)C1(c2ccc(O)c(O)c2O)CC1. The van der Waals surface area contributed by atoms with E-state index in [0.717, 1.165) is 0 Å². The van der Waals surface area contributed by atoms with Crippen molar-refractivity contribution in [3.8, 4) is 17.2 Å². The van der Waals surface area contributed by atoms with E-state index in [9.17, 15) is 15.0 Å².